The van der Waals surface area contributed by atoms with E-state index in [0.717, 1.165) is 78.6 Å². The molecule has 534 valence electrons. The molecular formula is C101H124S. The average Bonchev–Trinajstić information content (AvgIpc) is 0.643. The first-order chi connectivity index (χ1) is 49.2. The van der Waals surface area contributed by atoms with Gasteiger partial charge in [-0.1, -0.05) is 285 Å². The van der Waals surface area contributed by atoms with Crippen LogP contribution in [0.2, 0.25) is 0 Å². The molecule has 0 aliphatic heterocycles. The molecule has 0 N–H and O–H groups in total. The SMILES string of the molecule is CC(C)CCCC(C)CCc1cc2c3cc(C#Cc4ccc(CS)cc4)cc4c5cc(CCC(C)CCCC(C)C)cc6c7cc(CCC(C)CCCC(C)C)cc8c9cc(CCC(C)CCCC(C)C)cc%10c%11cc(CCC(C)CCCC(C)C)cc%12c(c1)c2c1c(c34)c(c56)c(c78)c(c%109)c1c%12%11. The minimum atomic E-state index is 0.660. The zero-order chi connectivity index (χ0) is 71.4. The monoisotopic (exact) mass is 1370 g/mol. The minimum Gasteiger partial charge on any atom is -0.175 e. The van der Waals surface area contributed by atoms with Crippen LogP contribution in [0.1, 0.15) is 277 Å². The molecule has 0 amide bonds. The smallest absolute Gasteiger partial charge is 0.0261 e. The Balaban J connectivity index is 1.12. The molecule has 0 fully saturated rings. The molecule has 14 aromatic rings. The van der Waals surface area contributed by atoms with Crippen molar-refractivity contribution in [3.8, 4) is 11.8 Å². The van der Waals surface area contributed by atoms with E-state index in [1.54, 1.807) is 0 Å². The van der Waals surface area contributed by atoms with Gasteiger partial charge in [0.25, 0.3) is 0 Å². The summed E-state index contributed by atoms with van der Waals surface area (Å²) in [6.45, 7) is 36.7. The largest absolute Gasteiger partial charge is 0.175 e. The predicted molar refractivity (Wildman–Crippen MR) is 460 cm³/mol. The van der Waals surface area contributed by atoms with Crippen LogP contribution in [0.3, 0.4) is 0 Å². The molecule has 0 aromatic heterocycles. The number of aryl methyl sites for hydroxylation is 5. The van der Waals surface area contributed by atoms with Crippen LogP contribution < -0.4 is 0 Å². The van der Waals surface area contributed by atoms with Crippen LogP contribution in [0.15, 0.2) is 97.1 Å². The Hall–Kier alpha value is -6.33. The van der Waals surface area contributed by atoms with Crippen molar-refractivity contribution in [1.82, 2.24) is 0 Å². The van der Waals surface area contributed by atoms with E-state index in [2.05, 4.69) is 225 Å². The Morgan fingerprint density at radius 2 is 0.412 bits per heavy atom. The van der Waals surface area contributed by atoms with Crippen molar-refractivity contribution in [2.45, 2.75) is 270 Å². The first-order valence-electron chi connectivity index (χ1n) is 41.7. The van der Waals surface area contributed by atoms with E-state index in [9.17, 15) is 0 Å². The highest BCUT2D eigenvalue weighted by Gasteiger charge is 2.33. The van der Waals surface area contributed by atoms with Gasteiger partial charge in [0.2, 0.25) is 0 Å². The maximum Gasteiger partial charge on any atom is 0.0261 e. The highest BCUT2D eigenvalue weighted by molar-refractivity contribution is 7.79. The first-order valence-corrected chi connectivity index (χ1v) is 42.4. The Labute approximate surface area is 620 Å². The molecular weight excluding hydrogens is 1250 g/mol. The Bertz CT molecular complexity index is 4930. The molecule has 14 aromatic carbocycles. The van der Waals surface area contributed by atoms with E-state index in [-0.39, 0.29) is 0 Å². The van der Waals surface area contributed by atoms with E-state index in [1.165, 1.54) is 291 Å². The van der Waals surface area contributed by atoms with Gasteiger partial charge in [0, 0.05) is 16.9 Å². The first kappa shape index (κ1) is 72.6. The average molecular weight is 1370 g/mol. The summed E-state index contributed by atoms with van der Waals surface area (Å²) in [4.78, 5) is 0. The van der Waals surface area contributed by atoms with Crippen molar-refractivity contribution in [2.75, 3.05) is 0 Å². The van der Waals surface area contributed by atoms with Crippen molar-refractivity contribution in [3.05, 3.63) is 142 Å². The second kappa shape index (κ2) is 31.0. The van der Waals surface area contributed by atoms with Gasteiger partial charge in [-0.3, -0.25) is 0 Å². The fourth-order valence-corrected chi connectivity index (χ4v) is 19.6. The summed E-state index contributed by atoms with van der Waals surface area (Å²) in [5.74, 6) is 15.5. The van der Waals surface area contributed by atoms with Gasteiger partial charge in [-0.05, 0) is 310 Å². The number of benzene rings is 14. The molecule has 0 nitrogen and oxygen atoms in total. The van der Waals surface area contributed by atoms with Crippen LogP contribution in [0.4, 0.5) is 0 Å². The van der Waals surface area contributed by atoms with Crippen LogP contribution in [0.25, 0.3) is 129 Å². The van der Waals surface area contributed by atoms with Crippen molar-refractivity contribution < 1.29 is 0 Å². The second-order valence-corrected chi connectivity index (χ2v) is 36.8. The van der Waals surface area contributed by atoms with Gasteiger partial charge in [-0.25, -0.2) is 0 Å². The maximum atomic E-state index is 4.65. The van der Waals surface area contributed by atoms with Gasteiger partial charge >= 0.3 is 0 Å². The second-order valence-electron chi connectivity index (χ2n) is 36.5. The lowest BCUT2D eigenvalue weighted by molar-refractivity contribution is 0.437. The molecule has 0 heterocycles. The molecule has 0 aliphatic rings. The van der Waals surface area contributed by atoms with E-state index in [0.29, 0.717) is 29.6 Å². The van der Waals surface area contributed by atoms with Crippen molar-refractivity contribution in [1.29, 1.82) is 0 Å². The topological polar surface area (TPSA) is 0 Å². The van der Waals surface area contributed by atoms with Crippen molar-refractivity contribution >= 4 is 142 Å². The minimum absolute atomic E-state index is 0.660. The molecule has 5 unspecified atom stereocenters. The standard InChI is InChI=1S/C101H124S/c1-60(2)21-16-26-65(11)31-36-72-47-78-80-49-73(37-32-66(12)27-17-22-61(3)4)51-82-84-53-75(39-34-68(14)29-19-24-63(7)8)55-86-88-57-77(46-43-70-41-44-71(59-102)45-42-70)58-89-87-56-76(40-35-69(15)30-20-25-64(9)10)54-85-83-52-74(38-33-67(13)28-18-23-62(5)6)50-81-79(48-72)90(78)96-97(91(80)82)99(93(84)86)101(95(88)89)100(94(85)87)98(96)92(81)83/h41-42,44-45,47-58,60-69,102H,16-40,59H2,1-15H3. The third-order valence-electron chi connectivity index (χ3n) is 25.4. The molecule has 0 bridgehead atoms. The summed E-state index contributed by atoms with van der Waals surface area (Å²) in [6.07, 6.45) is 31.1. The lowest BCUT2D eigenvalue weighted by atomic mass is 9.72. The van der Waals surface area contributed by atoms with Crippen LogP contribution >= 0.6 is 12.6 Å². The molecule has 102 heavy (non-hydrogen) atoms. The highest BCUT2D eigenvalue weighted by atomic mass is 32.1. The number of hydrogen-bond acceptors (Lipinski definition) is 1. The van der Waals surface area contributed by atoms with Crippen LogP contribution in [0, 0.1) is 71.0 Å². The molecule has 5 atom stereocenters. The third kappa shape index (κ3) is 14.7. The lowest BCUT2D eigenvalue weighted by Gasteiger charge is -2.30. The fourth-order valence-electron chi connectivity index (χ4n) is 19.4. The predicted octanol–water partition coefficient (Wildman–Crippen LogP) is 31.0. The molecule has 0 radical (unpaired) electrons. The zero-order valence-corrected chi connectivity index (χ0v) is 66.7. The fraction of sp³-hybridized carbons (Fsp3) is 0.505. The number of rotatable bonds is 36. The van der Waals surface area contributed by atoms with Crippen LogP contribution in [-0.4, -0.2) is 0 Å². The molecule has 0 saturated carbocycles. The number of hydrogen-bond donors (Lipinski definition) is 1. The van der Waals surface area contributed by atoms with Crippen molar-refractivity contribution in [2.24, 2.45) is 59.2 Å². The van der Waals surface area contributed by atoms with Crippen LogP contribution in [0.5, 0.6) is 0 Å². The Kier molecular flexibility index (Phi) is 22.1. The van der Waals surface area contributed by atoms with Gasteiger partial charge < -0.3 is 0 Å². The summed E-state index contributed by atoms with van der Waals surface area (Å²) < 4.78 is 0. The van der Waals surface area contributed by atoms with E-state index >= 15 is 0 Å². The Morgan fingerprint density at radius 3 is 0.608 bits per heavy atom. The normalized spacial score (nSPS) is 14.5. The van der Waals surface area contributed by atoms with E-state index in [1.807, 2.05) is 0 Å². The summed E-state index contributed by atoms with van der Waals surface area (Å²) in [5, 5.41) is 35.6. The molecule has 0 aliphatic carbocycles. The Morgan fingerprint density at radius 1 is 0.216 bits per heavy atom. The molecule has 14 rings (SSSR count). The van der Waals surface area contributed by atoms with Gasteiger partial charge in [0.15, 0.2) is 0 Å². The number of fused-ring (bicyclic) bond motifs is 6. The molecule has 1 heteroatoms. The van der Waals surface area contributed by atoms with E-state index < -0.39 is 0 Å². The summed E-state index contributed by atoms with van der Waals surface area (Å²) >= 11 is 4.65. The highest BCUT2D eigenvalue weighted by Crippen LogP contribution is 2.61. The van der Waals surface area contributed by atoms with E-state index in [4.69, 9.17) is 0 Å². The summed E-state index contributed by atoms with van der Waals surface area (Å²) in [6, 6.07) is 41.4. The molecule has 0 saturated heterocycles. The maximum absolute atomic E-state index is 4.65. The van der Waals surface area contributed by atoms with Crippen LogP contribution in [-0.2, 0) is 37.9 Å². The molecule has 0 spiro atoms. The summed E-state index contributed by atoms with van der Waals surface area (Å²) in [7, 11) is 0. The van der Waals surface area contributed by atoms with Gasteiger partial charge in [-0.2, -0.15) is 12.6 Å². The third-order valence-corrected chi connectivity index (χ3v) is 25.7. The number of thiol groups is 1. The lowest BCUT2D eigenvalue weighted by Crippen LogP contribution is -2.04. The summed E-state index contributed by atoms with van der Waals surface area (Å²) in [5.41, 5.74) is 10.9. The van der Waals surface area contributed by atoms with Gasteiger partial charge in [-0.15, -0.1) is 0 Å². The van der Waals surface area contributed by atoms with Gasteiger partial charge in [0.1, 0.15) is 0 Å². The quantitative estimate of drug-likeness (QED) is 0.0172. The zero-order valence-electron chi connectivity index (χ0n) is 65.8. The van der Waals surface area contributed by atoms with Crippen molar-refractivity contribution in [3.63, 3.8) is 0 Å². The van der Waals surface area contributed by atoms with Gasteiger partial charge in [0.05, 0.1) is 0 Å².